The van der Waals surface area contributed by atoms with Gasteiger partial charge in [0.15, 0.2) is 0 Å². The van der Waals surface area contributed by atoms with Crippen molar-refractivity contribution in [2.75, 3.05) is 11.0 Å². The topological polar surface area (TPSA) is 26.3 Å². The van der Waals surface area contributed by atoms with Crippen molar-refractivity contribution in [1.82, 2.24) is 0 Å². The summed E-state index contributed by atoms with van der Waals surface area (Å²) in [5, 5.41) is 0. The molecular formula is C9H17IO2. The molecule has 0 rings (SSSR count). The van der Waals surface area contributed by atoms with Gasteiger partial charge in [-0.25, -0.2) is 0 Å². The second-order valence-corrected chi connectivity index (χ2v) is 3.81. The minimum atomic E-state index is -0.0551. The highest BCUT2D eigenvalue weighted by molar-refractivity contribution is 14.1. The largest absolute Gasteiger partial charge is 0.465 e. The lowest BCUT2D eigenvalue weighted by molar-refractivity contribution is -0.147. The van der Waals surface area contributed by atoms with Gasteiger partial charge in [0.1, 0.15) is 0 Å². The van der Waals surface area contributed by atoms with Crippen LogP contribution in [0.3, 0.4) is 0 Å². The maximum absolute atomic E-state index is 11.1. The standard InChI is InChI=1S/C9H17IO2/c1-3-4-5-6-12-9(11)8(2)7-10/h8H,3-7H2,1-2H3. The molecule has 0 spiro atoms. The highest BCUT2D eigenvalue weighted by Crippen LogP contribution is 2.04. The van der Waals surface area contributed by atoms with Gasteiger partial charge >= 0.3 is 5.97 Å². The molecule has 1 atom stereocenters. The third kappa shape index (κ3) is 5.80. The van der Waals surface area contributed by atoms with E-state index in [9.17, 15) is 4.79 Å². The first kappa shape index (κ1) is 12.2. The summed E-state index contributed by atoms with van der Waals surface area (Å²) in [6, 6.07) is 0. The molecule has 0 N–H and O–H groups in total. The molecule has 0 aromatic carbocycles. The van der Waals surface area contributed by atoms with E-state index in [1.165, 1.54) is 6.42 Å². The number of hydrogen-bond donors (Lipinski definition) is 0. The second kappa shape index (κ2) is 7.83. The van der Waals surface area contributed by atoms with Gasteiger partial charge in [-0.3, -0.25) is 4.79 Å². The van der Waals surface area contributed by atoms with Crippen LogP contribution in [0.25, 0.3) is 0 Å². The minimum absolute atomic E-state index is 0.0484. The van der Waals surface area contributed by atoms with Crippen LogP contribution in [0.4, 0.5) is 0 Å². The summed E-state index contributed by atoms with van der Waals surface area (Å²) in [4.78, 5) is 11.1. The lowest BCUT2D eigenvalue weighted by atomic mass is 10.2. The number of carbonyl (C=O) groups excluding carboxylic acids is 1. The maximum atomic E-state index is 11.1. The Kier molecular flexibility index (Phi) is 7.96. The summed E-state index contributed by atoms with van der Waals surface area (Å²) in [6.45, 7) is 4.62. The van der Waals surface area contributed by atoms with Crippen LogP contribution in [0.5, 0.6) is 0 Å². The Morgan fingerprint density at radius 3 is 2.67 bits per heavy atom. The van der Waals surface area contributed by atoms with E-state index in [0.29, 0.717) is 6.61 Å². The predicted octanol–water partition coefficient (Wildman–Crippen LogP) is 2.79. The number of halogens is 1. The van der Waals surface area contributed by atoms with E-state index < -0.39 is 0 Å². The van der Waals surface area contributed by atoms with E-state index in [-0.39, 0.29) is 11.9 Å². The van der Waals surface area contributed by atoms with E-state index in [1.54, 1.807) is 0 Å². The molecule has 0 aliphatic heterocycles. The zero-order valence-corrected chi connectivity index (χ0v) is 9.96. The van der Waals surface area contributed by atoms with E-state index in [0.717, 1.165) is 17.3 Å². The second-order valence-electron chi connectivity index (χ2n) is 2.93. The normalized spacial score (nSPS) is 12.6. The van der Waals surface area contributed by atoms with Crippen LogP contribution in [0.15, 0.2) is 0 Å². The van der Waals surface area contributed by atoms with E-state index in [1.807, 2.05) is 6.92 Å². The van der Waals surface area contributed by atoms with Gasteiger partial charge in [-0.2, -0.15) is 0 Å². The summed E-state index contributed by atoms with van der Waals surface area (Å²) >= 11 is 2.20. The van der Waals surface area contributed by atoms with Crippen LogP contribution >= 0.6 is 22.6 Å². The molecule has 3 heteroatoms. The number of carbonyl (C=O) groups is 1. The van der Waals surface area contributed by atoms with E-state index in [4.69, 9.17) is 4.74 Å². The monoisotopic (exact) mass is 284 g/mol. The smallest absolute Gasteiger partial charge is 0.309 e. The van der Waals surface area contributed by atoms with Gasteiger partial charge in [-0.1, -0.05) is 49.3 Å². The summed E-state index contributed by atoms with van der Waals surface area (Å²) in [6.07, 6.45) is 3.31. The quantitative estimate of drug-likeness (QED) is 0.324. The average molecular weight is 284 g/mol. The fourth-order valence-electron chi connectivity index (χ4n) is 0.730. The lowest BCUT2D eigenvalue weighted by Gasteiger charge is -2.07. The van der Waals surface area contributed by atoms with E-state index in [2.05, 4.69) is 29.5 Å². The third-order valence-corrected chi connectivity index (χ3v) is 2.95. The van der Waals surface area contributed by atoms with Crippen molar-refractivity contribution in [3.8, 4) is 0 Å². The first-order valence-corrected chi connectivity index (χ1v) is 5.97. The summed E-state index contributed by atoms with van der Waals surface area (Å²) in [5.41, 5.74) is 0. The van der Waals surface area contributed by atoms with Crippen LogP contribution in [-0.2, 0) is 9.53 Å². The summed E-state index contributed by atoms with van der Waals surface area (Å²) < 4.78 is 5.89. The first-order chi connectivity index (χ1) is 5.72. The van der Waals surface area contributed by atoms with Crippen LogP contribution < -0.4 is 0 Å². The fourth-order valence-corrected chi connectivity index (χ4v) is 1.09. The highest BCUT2D eigenvalue weighted by atomic mass is 127. The molecule has 0 aromatic heterocycles. The Hall–Kier alpha value is 0.200. The van der Waals surface area contributed by atoms with Crippen molar-refractivity contribution >= 4 is 28.6 Å². The fraction of sp³-hybridized carbons (Fsp3) is 0.889. The molecule has 1 unspecified atom stereocenters. The Bertz CT molecular complexity index is 126. The van der Waals surface area contributed by atoms with Crippen molar-refractivity contribution in [2.24, 2.45) is 5.92 Å². The predicted molar refractivity (Wildman–Crippen MR) is 58.5 cm³/mol. The lowest BCUT2D eigenvalue weighted by Crippen LogP contribution is -2.16. The molecule has 2 nitrogen and oxygen atoms in total. The first-order valence-electron chi connectivity index (χ1n) is 4.45. The van der Waals surface area contributed by atoms with Gasteiger partial charge in [0.25, 0.3) is 0 Å². The zero-order chi connectivity index (χ0) is 9.40. The molecule has 12 heavy (non-hydrogen) atoms. The molecule has 0 fully saturated rings. The van der Waals surface area contributed by atoms with Gasteiger partial charge in [-0.15, -0.1) is 0 Å². The van der Waals surface area contributed by atoms with Crippen molar-refractivity contribution in [3.63, 3.8) is 0 Å². The Morgan fingerprint density at radius 1 is 1.50 bits per heavy atom. The molecular weight excluding hydrogens is 267 g/mol. The molecule has 0 aromatic rings. The Morgan fingerprint density at radius 2 is 2.17 bits per heavy atom. The number of rotatable bonds is 6. The van der Waals surface area contributed by atoms with Gasteiger partial charge in [-0.05, 0) is 6.42 Å². The molecule has 0 bridgehead atoms. The third-order valence-electron chi connectivity index (χ3n) is 1.63. The van der Waals surface area contributed by atoms with Crippen LogP contribution in [-0.4, -0.2) is 17.0 Å². The van der Waals surface area contributed by atoms with Crippen molar-refractivity contribution in [1.29, 1.82) is 0 Å². The molecule has 0 saturated heterocycles. The molecule has 0 aliphatic carbocycles. The zero-order valence-electron chi connectivity index (χ0n) is 7.81. The van der Waals surface area contributed by atoms with Crippen LogP contribution in [0.1, 0.15) is 33.1 Å². The van der Waals surface area contributed by atoms with Crippen LogP contribution in [0, 0.1) is 5.92 Å². The molecule has 72 valence electrons. The summed E-state index contributed by atoms with van der Waals surface area (Å²) in [5.74, 6) is -0.00673. The van der Waals surface area contributed by atoms with Crippen molar-refractivity contribution in [3.05, 3.63) is 0 Å². The molecule has 0 aliphatic rings. The average Bonchev–Trinajstić information content (AvgIpc) is 2.10. The molecule has 0 heterocycles. The number of alkyl halides is 1. The Labute approximate surface area is 88.2 Å². The maximum Gasteiger partial charge on any atom is 0.309 e. The number of ether oxygens (including phenoxy) is 1. The SMILES string of the molecule is CCCCCOC(=O)C(C)CI. The number of hydrogen-bond acceptors (Lipinski definition) is 2. The van der Waals surface area contributed by atoms with E-state index >= 15 is 0 Å². The van der Waals surface area contributed by atoms with Gasteiger partial charge in [0, 0.05) is 4.43 Å². The minimum Gasteiger partial charge on any atom is -0.465 e. The van der Waals surface area contributed by atoms with Crippen LogP contribution in [0.2, 0.25) is 0 Å². The number of unbranched alkanes of at least 4 members (excludes halogenated alkanes) is 2. The highest BCUT2D eigenvalue weighted by Gasteiger charge is 2.11. The van der Waals surface area contributed by atoms with Gasteiger partial charge in [0.2, 0.25) is 0 Å². The molecule has 0 radical (unpaired) electrons. The van der Waals surface area contributed by atoms with Gasteiger partial charge in [0.05, 0.1) is 12.5 Å². The van der Waals surface area contributed by atoms with Crippen molar-refractivity contribution in [2.45, 2.75) is 33.1 Å². The number of esters is 1. The molecule has 0 saturated carbocycles. The summed E-state index contributed by atoms with van der Waals surface area (Å²) in [7, 11) is 0. The van der Waals surface area contributed by atoms with Crippen molar-refractivity contribution < 1.29 is 9.53 Å². The molecule has 0 amide bonds. The van der Waals surface area contributed by atoms with Gasteiger partial charge < -0.3 is 4.74 Å². The Balaban J connectivity index is 3.31.